The number of ether oxygens (including phenoxy) is 1. The number of hydrogen-bond donors (Lipinski definition) is 2. The first-order valence-electron chi connectivity index (χ1n) is 3.29. The molecule has 11 heavy (non-hydrogen) atoms. The van der Waals surface area contributed by atoms with Gasteiger partial charge in [0.15, 0.2) is 0 Å². The summed E-state index contributed by atoms with van der Waals surface area (Å²) < 4.78 is 17.1. The Balaban J connectivity index is 2.69. The number of halogens is 2. The van der Waals surface area contributed by atoms with Crippen LogP contribution >= 0.6 is 11.6 Å². The molecule has 1 heterocycles. The number of alkyl halides is 2. The molecule has 0 amide bonds. The highest BCUT2D eigenvalue weighted by Gasteiger charge is 2.48. The summed E-state index contributed by atoms with van der Waals surface area (Å²) in [5, 5.41) is 17.3. The fourth-order valence-corrected chi connectivity index (χ4v) is 1.34. The van der Waals surface area contributed by atoms with Crippen molar-refractivity contribution in [3.63, 3.8) is 0 Å². The summed E-state index contributed by atoms with van der Waals surface area (Å²) in [5.74, 6) is 0. The molecule has 0 aliphatic carbocycles. The lowest BCUT2D eigenvalue weighted by Gasteiger charge is -2.25. The summed E-state index contributed by atoms with van der Waals surface area (Å²) in [4.78, 5) is 0. The second kappa shape index (κ2) is 3.23. The van der Waals surface area contributed by atoms with Crippen LogP contribution in [0.1, 0.15) is 0 Å². The fraction of sp³-hybridized carbons (Fsp3) is 1.00. The smallest absolute Gasteiger partial charge is 0.147 e. The van der Waals surface area contributed by atoms with Gasteiger partial charge in [-0.2, -0.15) is 0 Å². The lowest BCUT2D eigenvalue weighted by molar-refractivity contribution is -0.102. The van der Waals surface area contributed by atoms with Crippen molar-refractivity contribution in [1.82, 2.24) is 0 Å². The van der Waals surface area contributed by atoms with E-state index >= 15 is 0 Å². The summed E-state index contributed by atoms with van der Waals surface area (Å²) in [5.41, 5.74) is -1.48. The van der Waals surface area contributed by atoms with Gasteiger partial charge in [-0.3, -0.25) is 0 Å². The molecule has 2 N–H and O–H groups in total. The average molecular weight is 185 g/mol. The molecule has 1 aliphatic rings. The van der Waals surface area contributed by atoms with Crippen LogP contribution in [0.15, 0.2) is 0 Å². The van der Waals surface area contributed by atoms with Crippen molar-refractivity contribution in [3.05, 3.63) is 0 Å². The summed E-state index contributed by atoms with van der Waals surface area (Å²) in [6.07, 6.45) is -1.13. The Bertz CT molecular complexity index is 140. The molecule has 3 nitrogen and oxygen atoms in total. The van der Waals surface area contributed by atoms with E-state index in [9.17, 15) is 9.50 Å². The van der Waals surface area contributed by atoms with E-state index in [1.807, 2.05) is 0 Å². The fourth-order valence-electron chi connectivity index (χ4n) is 1.05. The molecule has 0 bridgehead atoms. The van der Waals surface area contributed by atoms with Crippen molar-refractivity contribution in [2.45, 2.75) is 17.1 Å². The van der Waals surface area contributed by atoms with Crippen molar-refractivity contribution in [2.24, 2.45) is 0 Å². The van der Waals surface area contributed by atoms with Gasteiger partial charge in [0.25, 0.3) is 0 Å². The normalized spacial score (nSPS) is 44.7. The van der Waals surface area contributed by atoms with Gasteiger partial charge >= 0.3 is 0 Å². The predicted molar refractivity (Wildman–Crippen MR) is 37.4 cm³/mol. The molecule has 3 unspecified atom stereocenters. The van der Waals surface area contributed by atoms with Crippen LogP contribution in [0.2, 0.25) is 0 Å². The standard InChI is InChI=1S/C6H10ClFO3/c7-4-1-11-6(2-8,3-9)5(4)10/h4-5,9-10H,1-3H2. The molecule has 0 aromatic heterocycles. The van der Waals surface area contributed by atoms with E-state index in [1.165, 1.54) is 0 Å². The van der Waals surface area contributed by atoms with E-state index in [1.54, 1.807) is 0 Å². The van der Waals surface area contributed by atoms with Gasteiger partial charge in [-0.15, -0.1) is 11.6 Å². The second-order valence-electron chi connectivity index (χ2n) is 2.63. The maximum absolute atomic E-state index is 12.3. The Morgan fingerprint density at radius 2 is 2.36 bits per heavy atom. The Hall–Kier alpha value is 0.1000. The van der Waals surface area contributed by atoms with E-state index in [2.05, 4.69) is 0 Å². The van der Waals surface area contributed by atoms with Gasteiger partial charge in [0, 0.05) is 0 Å². The Kier molecular flexibility index (Phi) is 2.70. The predicted octanol–water partition coefficient (Wildman–Crippen LogP) is -0.314. The minimum Gasteiger partial charge on any atom is -0.393 e. The molecule has 5 heteroatoms. The van der Waals surface area contributed by atoms with Crippen molar-refractivity contribution < 1.29 is 19.3 Å². The van der Waals surface area contributed by atoms with Gasteiger partial charge in [0.2, 0.25) is 0 Å². The largest absolute Gasteiger partial charge is 0.393 e. The van der Waals surface area contributed by atoms with E-state index in [0.717, 1.165) is 0 Å². The van der Waals surface area contributed by atoms with Crippen molar-refractivity contribution in [2.75, 3.05) is 19.9 Å². The quantitative estimate of drug-likeness (QED) is 0.579. The summed E-state index contributed by atoms with van der Waals surface area (Å²) in [6, 6.07) is 0. The minimum absolute atomic E-state index is 0.0766. The molecule has 1 rings (SSSR count). The van der Waals surface area contributed by atoms with Gasteiger partial charge in [-0.25, -0.2) is 4.39 Å². The molecule has 0 aromatic rings. The number of rotatable bonds is 2. The van der Waals surface area contributed by atoms with Gasteiger partial charge < -0.3 is 14.9 Å². The first-order chi connectivity index (χ1) is 5.16. The lowest BCUT2D eigenvalue weighted by Crippen LogP contribution is -2.47. The average Bonchev–Trinajstić information content (AvgIpc) is 2.32. The topological polar surface area (TPSA) is 49.7 Å². The molecule has 1 saturated heterocycles. The number of aliphatic hydroxyl groups excluding tert-OH is 2. The Morgan fingerprint density at radius 1 is 1.73 bits per heavy atom. The SMILES string of the molecule is OCC1(CF)OCC(Cl)C1O. The van der Waals surface area contributed by atoms with Crippen LogP contribution in [0.4, 0.5) is 4.39 Å². The molecule has 66 valence electrons. The van der Waals surface area contributed by atoms with E-state index < -0.39 is 30.4 Å². The van der Waals surface area contributed by atoms with Crippen molar-refractivity contribution in [1.29, 1.82) is 0 Å². The summed E-state index contributed by atoms with van der Waals surface area (Å²) in [6.45, 7) is -1.39. The van der Waals surface area contributed by atoms with Crippen LogP contribution in [0, 0.1) is 0 Å². The zero-order chi connectivity index (χ0) is 8.48. The van der Waals surface area contributed by atoms with Crippen LogP contribution in [0.5, 0.6) is 0 Å². The van der Waals surface area contributed by atoms with Gasteiger partial charge in [-0.05, 0) is 0 Å². The summed E-state index contributed by atoms with van der Waals surface area (Å²) >= 11 is 5.55. The third-order valence-corrected chi connectivity index (χ3v) is 2.27. The molecule has 1 aliphatic heterocycles. The maximum Gasteiger partial charge on any atom is 0.147 e. The van der Waals surface area contributed by atoms with Gasteiger partial charge in [-0.1, -0.05) is 0 Å². The molecule has 0 saturated carbocycles. The molecule has 3 atom stereocenters. The molecular weight excluding hydrogens is 175 g/mol. The Labute approximate surface area is 68.7 Å². The van der Waals surface area contributed by atoms with Gasteiger partial charge in [0.05, 0.1) is 18.6 Å². The zero-order valence-electron chi connectivity index (χ0n) is 5.83. The van der Waals surface area contributed by atoms with E-state index in [0.29, 0.717) is 0 Å². The second-order valence-corrected chi connectivity index (χ2v) is 3.19. The molecule has 0 radical (unpaired) electrons. The molecule has 0 spiro atoms. The lowest BCUT2D eigenvalue weighted by atomic mass is 10.00. The zero-order valence-corrected chi connectivity index (χ0v) is 6.59. The first-order valence-corrected chi connectivity index (χ1v) is 3.73. The molecular formula is C6H10ClFO3. The summed E-state index contributed by atoms with van der Waals surface area (Å²) in [7, 11) is 0. The molecule has 1 fully saturated rings. The van der Waals surface area contributed by atoms with Crippen LogP contribution < -0.4 is 0 Å². The minimum atomic E-state index is -1.48. The highest BCUT2D eigenvalue weighted by Crippen LogP contribution is 2.29. The van der Waals surface area contributed by atoms with Crippen LogP contribution in [-0.2, 0) is 4.74 Å². The van der Waals surface area contributed by atoms with Crippen LogP contribution in [0.25, 0.3) is 0 Å². The highest BCUT2D eigenvalue weighted by atomic mass is 35.5. The van der Waals surface area contributed by atoms with Gasteiger partial charge in [0.1, 0.15) is 18.4 Å². The molecule has 0 aromatic carbocycles. The van der Waals surface area contributed by atoms with Crippen LogP contribution in [0.3, 0.4) is 0 Å². The van der Waals surface area contributed by atoms with E-state index in [-0.39, 0.29) is 6.61 Å². The van der Waals surface area contributed by atoms with Crippen molar-refractivity contribution >= 4 is 11.6 Å². The van der Waals surface area contributed by atoms with Crippen LogP contribution in [-0.4, -0.2) is 47.2 Å². The maximum atomic E-state index is 12.3. The number of hydrogen-bond acceptors (Lipinski definition) is 3. The first kappa shape index (κ1) is 9.19. The van der Waals surface area contributed by atoms with E-state index in [4.69, 9.17) is 21.4 Å². The highest BCUT2D eigenvalue weighted by molar-refractivity contribution is 6.21. The monoisotopic (exact) mass is 184 g/mol. The third-order valence-electron chi connectivity index (χ3n) is 1.91. The Morgan fingerprint density at radius 3 is 2.55 bits per heavy atom. The third kappa shape index (κ3) is 1.36. The number of aliphatic hydroxyl groups is 2. The van der Waals surface area contributed by atoms with Crippen molar-refractivity contribution in [3.8, 4) is 0 Å².